The number of amides is 1. The largest absolute Gasteiger partial charge is 0.497 e. The zero-order valence-electron chi connectivity index (χ0n) is 19.1. The maximum Gasteiger partial charge on any atom is 0.341 e. The average molecular weight is 523 g/mol. The molecule has 1 amide bonds. The van der Waals surface area contributed by atoms with Crippen molar-refractivity contribution in [3.8, 4) is 5.75 Å². The molecule has 3 aromatic carbocycles. The molecule has 0 bridgehead atoms. The summed E-state index contributed by atoms with van der Waals surface area (Å²) in [4.78, 5) is 26.4. The van der Waals surface area contributed by atoms with E-state index in [2.05, 4.69) is 10.0 Å². The number of carbonyl (C=O) groups is 2. The Morgan fingerprint density at radius 3 is 2.36 bits per heavy atom. The van der Waals surface area contributed by atoms with E-state index in [0.29, 0.717) is 17.0 Å². The van der Waals surface area contributed by atoms with Crippen molar-refractivity contribution in [3.63, 3.8) is 0 Å². The summed E-state index contributed by atoms with van der Waals surface area (Å²) in [5, 5.41) is 4.38. The van der Waals surface area contributed by atoms with Crippen molar-refractivity contribution in [2.45, 2.75) is 10.3 Å². The molecule has 0 fully saturated rings. The maximum atomic E-state index is 13.2. The van der Waals surface area contributed by atoms with Gasteiger partial charge in [0.15, 0.2) is 0 Å². The number of methoxy groups -OCH3 is 1. The molecule has 184 valence electrons. The van der Waals surface area contributed by atoms with Crippen LogP contribution >= 0.6 is 11.3 Å². The van der Waals surface area contributed by atoms with Crippen LogP contribution in [0.15, 0.2) is 101 Å². The van der Waals surface area contributed by atoms with E-state index in [-0.39, 0.29) is 15.5 Å². The van der Waals surface area contributed by atoms with Gasteiger partial charge in [0.2, 0.25) is 6.10 Å². The van der Waals surface area contributed by atoms with Crippen LogP contribution in [-0.2, 0) is 19.6 Å². The predicted octanol–water partition coefficient (Wildman–Crippen LogP) is 5.09. The summed E-state index contributed by atoms with van der Waals surface area (Å²) in [6, 6.07) is 24.4. The van der Waals surface area contributed by atoms with Gasteiger partial charge in [-0.05, 0) is 35.7 Å². The van der Waals surface area contributed by atoms with E-state index in [0.717, 1.165) is 11.3 Å². The number of benzene rings is 3. The van der Waals surface area contributed by atoms with Crippen molar-refractivity contribution in [3.05, 3.63) is 108 Å². The normalized spacial score (nSPS) is 11.8. The molecule has 36 heavy (non-hydrogen) atoms. The fraction of sp³-hybridized carbons (Fsp3) is 0.0769. The number of sulfonamides is 1. The zero-order chi connectivity index (χ0) is 25.5. The van der Waals surface area contributed by atoms with E-state index in [1.807, 2.05) is 0 Å². The van der Waals surface area contributed by atoms with Gasteiger partial charge in [-0.2, -0.15) is 0 Å². The molecule has 0 radical (unpaired) electrons. The molecule has 4 aromatic rings. The molecule has 0 aliphatic rings. The zero-order valence-corrected chi connectivity index (χ0v) is 20.7. The van der Waals surface area contributed by atoms with Crippen molar-refractivity contribution < 1.29 is 27.5 Å². The Labute approximate surface area is 212 Å². The van der Waals surface area contributed by atoms with Gasteiger partial charge in [-0.1, -0.05) is 54.6 Å². The minimum Gasteiger partial charge on any atom is -0.497 e. The summed E-state index contributed by atoms with van der Waals surface area (Å²) >= 11 is 1.05. The van der Waals surface area contributed by atoms with Gasteiger partial charge in [-0.25, -0.2) is 13.2 Å². The third-order valence-corrected chi connectivity index (χ3v) is 7.82. The molecular weight excluding hydrogens is 500 g/mol. The minimum atomic E-state index is -3.90. The number of esters is 1. The molecular formula is C26H22N2O6S2. The lowest BCUT2D eigenvalue weighted by Crippen LogP contribution is -2.26. The molecule has 0 saturated heterocycles. The Morgan fingerprint density at radius 1 is 0.889 bits per heavy atom. The van der Waals surface area contributed by atoms with Gasteiger partial charge in [0, 0.05) is 17.3 Å². The lowest BCUT2D eigenvalue weighted by atomic mass is 10.1. The molecule has 10 heteroatoms. The van der Waals surface area contributed by atoms with Crippen molar-refractivity contribution in [1.82, 2.24) is 0 Å². The van der Waals surface area contributed by atoms with Crippen LogP contribution in [0.3, 0.4) is 0 Å². The number of rotatable bonds is 9. The minimum absolute atomic E-state index is 0.0345. The smallest absolute Gasteiger partial charge is 0.341 e. The van der Waals surface area contributed by atoms with E-state index >= 15 is 0 Å². The number of ether oxygens (including phenoxy) is 2. The van der Waals surface area contributed by atoms with E-state index in [4.69, 9.17) is 9.47 Å². The highest BCUT2D eigenvalue weighted by molar-refractivity contribution is 7.94. The summed E-state index contributed by atoms with van der Waals surface area (Å²) in [5.74, 6) is -0.901. The number of para-hydroxylation sites is 1. The first-order chi connectivity index (χ1) is 17.4. The van der Waals surface area contributed by atoms with Crippen molar-refractivity contribution in [1.29, 1.82) is 0 Å². The fourth-order valence-electron chi connectivity index (χ4n) is 3.34. The van der Waals surface area contributed by atoms with Crippen LogP contribution in [0.5, 0.6) is 5.75 Å². The Hall–Kier alpha value is -4.15. The molecule has 8 nitrogen and oxygen atoms in total. The van der Waals surface area contributed by atoms with Gasteiger partial charge in [-0.3, -0.25) is 9.52 Å². The summed E-state index contributed by atoms with van der Waals surface area (Å²) in [5.41, 5.74) is 0.909. The SMILES string of the molecule is COc1cccc(NC(=O)[C@@H](OC(=O)c2ccccc2NS(=O)(=O)c2cccs2)c2ccccc2)c1. The Morgan fingerprint density at radius 2 is 1.64 bits per heavy atom. The molecule has 1 heterocycles. The lowest BCUT2D eigenvalue weighted by molar-refractivity contribution is -0.125. The first-order valence-corrected chi connectivity index (χ1v) is 13.1. The number of carbonyl (C=O) groups excluding carboxylic acids is 2. The Bertz CT molecular complexity index is 1450. The molecule has 0 aliphatic carbocycles. The van der Waals surface area contributed by atoms with E-state index in [1.54, 1.807) is 78.2 Å². The van der Waals surface area contributed by atoms with Crippen LogP contribution in [0.25, 0.3) is 0 Å². The second-order valence-corrected chi connectivity index (χ2v) is 10.4. The number of thiophene rings is 1. The van der Waals surface area contributed by atoms with Crippen LogP contribution in [0.1, 0.15) is 22.0 Å². The van der Waals surface area contributed by atoms with Gasteiger partial charge in [0.05, 0.1) is 18.4 Å². The van der Waals surface area contributed by atoms with Crippen molar-refractivity contribution >= 4 is 44.6 Å². The fourth-order valence-corrected chi connectivity index (χ4v) is 5.41. The van der Waals surface area contributed by atoms with Crippen LogP contribution in [0.2, 0.25) is 0 Å². The van der Waals surface area contributed by atoms with Crippen LogP contribution in [-0.4, -0.2) is 27.4 Å². The van der Waals surface area contributed by atoms with E-state index in [1.165, 1.54) is 25.3 Å². The Kier molecular flexibility index (Phi) is 7.67. The number of hydrogen-bond donors (Lipinski definition) is 2. The van der Waals surface area contributed by atoms with Crippen LogP contribution < -0.4 is 14.8 Å². The average Bonchev–Trinajstić information content (AvgIpc) is 3.44. The second kappa shape index (κ2) is 11.1. The molecule has 2 N–H and O–H groups in total. The summed E-state index contributed by atoms with van der Waals surface area (Å²) < 4.78 is 38.8. The lowest BCUT2D eigenvalue weighted by Gasteiger charge is -2.19. The Balaban J connectivity index is 1.60. The first-order valence-electron chi connectivity index (χ1n) is 10.7. The summed E-state index contributed by atoms with van der Waals surface area (Å²) in [6.07, 6.45) is -1.30. The van der Waals surface area contributed by atoms with Crippen LogP contribution in [0, 0.1) is 0 Å². The molecule has 4 rings (SSSR count). The standard InChI is InChI=1S/C26H22N2O6S2/c1-33-20-12-7-11-19(17-20)27-25(29)24(18-9-3-2-4-10-18)34-26(30)21-13-5-6-14-22(21)28-36(31,32)23-15-8-16-35-23/h2-17,24,28H,1H3,(H,27,29)/t24-/m0/s1. The predicted molar refractivity (Wildman–Crippen MR) is 138 cm³/mol. The molecule has 0 spiro atoms. The quantitative estimate of drug-likeness (QED) is 0.296. The van der Waals surface area contributed by atoms with Crippen molar-refractivity contribution in [2.24, 2.45) is 0 Å². The van der Waals surface area contributed by atoms with Gasteiger partial charge < -0.3 is 14.8 Å². The van der Waals surface area contributed by atoms with Gasteiger partial charge in [-0.15, -0.1) is 11.3 Å². The highest BCUT2D eigenvalue weighted by Gasteiger charge is 2.28. The van der Waals surface area contributed by atoms with Crippen LogP contribution in [0.4, 0.5) is 11.4 Å². The van der Waals surface area contributed by atoms with Gasteiger partial charge in [0.25, 0.3) is 15.9 Å². The summed E-state index contributed by atoms with van der Waals surface area (Å²) in [7, 11) is -2.39. The number of anilines is 2. The van der Waals surface area contributed by atoms with Gasteiger partial charge in [0.1, 0.15) is 9.96 Å². The van der Waals surface area contributed by atoms with E-state index < -0.39 is 28.0 Å². The molecule has 1 aromatic heterocycles. The highest BCUT2D eigenvalue weighted by Crippen LogP contribution is 2.27. The maximum absolute atomic E-state index is 13.2. The molecule has 0 aliphatic heterocycles. The van der Waals surface area contributed by atoms with Gasteiger partial charge >= 0.3 is 5.97 Å². The van der Waals surface area contributed by atoms with Crippen molar-refractivity contribution in [2.75, 3.05) is 17.1 Å². The number of hydrogen-bond acceptors (Lipinski definition) is 7. The molecule has 0 unspecified atom stereocenters. The topological polar surface area (TPSA) is 111 Å². The van der Waals surface area contributed by atoms with E-state index in [9.17, 15) is 18.0 Å². The molecule has 1 atom stereocenters. The third-order valence-electron chi connectivity index (χ3n) is 5.05. The first kappa shape index (κ1) is 25.0. The summed E-state index contributed by atoms with van der Waals surface area (Å²) in [6.45, 7) is 0. The third kappa shape index (κ3) is 5.91. The monoisotopic (exact) mass is 522 g/mol. The highest BCUT2D eigenvalue weighted by atomic mass is 32.2. The molecule has 0 saturated carbocycles. The number of nitrogens with one attached hydrogen (secondary N) is 2. The second-order valence-electron chi connectivity index (χ2n) is 7.50.